The van der Waals surface area contributed by atoms with Crippen LogP contribution >= 0.6 is 23.2 Å². The van der Waals surface area contributed by atoms with E-state index in [4.69, 9.17) is 27.9 Å². The third-order valence-corrected chi connectivity index (χ3v) is 3.20. The molecule has 0 aromatic heterocycles. The zero-order valence-electron chi connectivity index (χ0n) is 8.59. The number of methoxy groups -OCH3 is 1. The number of carbonyl (C=O) groups excluding carboxylic acids is 1. The van der Waals surface area contributed by atoms with Crippen molar-refractivity contribution in [1.82, 2.24) is 0 Å². The van der Waals surface area contributed by atoms with Crippen molar-refractivity contribution in [2.75, 3.05) is 7.11 Å². The van der Waals surface area contributed by atoms with E-state index in [9.17, 15) is 4.79 Å². The van der Waals surface area contributed by atoms with E-state index in [1.807, 2.05) is 0 Å². The Morgan fingerprint density at radius 2 is 2.12 bits per heavy atom. The monoisotopic (exact) mass is 257 g/mol. The molecule has 1 saturated carbocycles. The van der Waals surface area contributed by atoms with E-state index in [0.717, 1.165) is 18.4 Å². The fourth-order valence-corrected chi connectivity index (χ4v) is 2.33. The molecule has 0 amide bonds. The maximum Gasteiger partial charge on any atom is 0.235 e. The lowest BCUT2D eigenvalue weighted by Gasteiger charge is -2.15. The molecule has 0 radical (unpaired) electrons. The second-order valence-electron chi connectivity index (χ2n) is 3.70. The predicted molar refractivity (Wildman–Crippen MR) is 62.0 cm³/mol. The van der Waals surface area contributed by atoms with E-state index in [2.05, 4.69) is 4.99 Å². The van der Waals surface area contributed by atoms with E-state index >= 15 is 0 Å². The van der Waals surface area contributed by atoms with Gasteiger partial charge in [-0.15, -0.1) is 0 Å². The lowest BCUT2D eigenvalue weighted by atomic mass is 10.0. The molecule has 0 spiro atoms. The second kappa shape index (κ2) is 4.10. The van der Waals surface area contributed by atoms with Crippen molar-refractivity contribution in [2.45, 2.75) is 18.4 Å². The van der Waals surface area contributed by atoms with Gasteiger partial charge in [0.25, 0.3) is 0 Å². The van der Waals surface area contributed by atoms with Crippen LogP contribution in [0.15, 0.2) is 17.1 Å². The van der Waals surface area contributed by atoms with Gasteiger partial charge in [0, 0.05) is 10.6 Å². The minimum atomic E-state index is -0.526. The second-order valence-corrected chi connectivity index (χ2v) is 4.55. The van der Waals surface area contributed by atoms with E-state index in [-0.39, 0.29) is 0 Å². The molecule has 5 heteroatoms. The first kappa shape index (κ1) is 11.5. The van der Waals surface area contributed by atoms with Gasteiger partial charge in [-0.2, -0.15) is 4.99 Å². The van der Waals surface area contributed by atoms with Gasteiger partial charge in [0.2, 0.25) is 6.08 Å². The lowest BCUT2D eigenvalue weighted by molar-refractivity contribution is 0.404. The number of halogens is 2. The largest absolute Gasteiger partial charge is 0.495 e. The number of hydrogen-bond acceptors (Lipinski definition) is 3. The van der Waals surface area contributed by atoms with Gasteiger partial charge in [-0.05, 0) is 25.0 Å². The summed E-state index contributed by atoms with van der Waals surface area (Å²) in [5.74, 6) is 0.530. The Kier molecular flexibility index (Phi) is 2.94. The Morgan fingerprint density at radius 1 is 1.44 bits per heavy atom. The third-order valence-electron chi connectivity index (χ3n) is 2.70. The molecule has 1 aromatic rings. The fourth-order valence-electron chi connectivity index (χ4n) is 1.76. The summed E-state index contributed by atoms with van der Waals surface area (Å²) in [6.45, 7) is 0. The lowest BCUT2D eigenvalue weighted by Crippen LogP contribution is -2.05. The molecule has 0 aliphatic heterocycles. The van der Waals surface area contributed by atoms with Crippen molar-refractivity contribution in [3.05, 3.63) is 27.7 Å². The molecular weight excluding hydrogens is 249 g/mol. The van der Waals surface area contributed by atoms with E-state index in [1.54, 1.807) is 18.2 Å². The van der Waals surface area contributed by atoms with Crippen LogP contribution in [-0.2, 0) is 10.3 Å². The van der Waals surface area contributed by atoms with Crippen LogP contribution in [0.1, 0.15) is 18.4 Å². The van der Waals surface area contributed by atoms with Gasteiger partial charge in [0.15, 0.2) is 0 Å². The molecule has 1 aromatic carbocycles. The zero-order chi connectivity index (χ0) is 11.8. The molecule has 0 heterocycles. The number of benzene rings is 1. The quantitative estimate of drug-likeness (QED) is 0.616. The molecule has 1 aliphatic carbocycles. The van der Waals surface area contributed by atoms with Crippen LogP contribution < -0.4 is 4.74 Å². The highest BCUT2D eigenvalue weighted by Gasteiger charge is 2.47. The van der Waals surface area contributed by atoms with Gasteiger partial charge < -0.3 is 4.74 Å². The first-order valence-electron chi connectivity index (χ1n) is 4.75. The van der Waals surface area contributed by atoms with Crippen molar-refractivity contribution < 1.29 is 9.53 Å². The molecular formula is C11H9Cl2NO2. The average molecular weight is 258 g/mol. The molecule has 0 atom stereocenters. The molecule has 0 unspecified atom stereocenters. The van der Waals surface area contributed by atoms with Gasteiger partial charge in [-0.25, -0.2) is 4.79 Å². The van der Waals surface area contributed by atoms with Crippen LogP contribution in [0, 0.1) is 0 Å². The van der Waals surface area contributed by atoms with Crippen molar-refractivity contribution in [1.29, 1.82) is 0 Å². The number of hydrogen-bond donors (Lipinski definition) is 0. The van der Waals surface area contributed by atoms with Gasteiger partial charge >= 0.3 is 0 Å². The normalized spacial score (nSPS) is 16.4. The maximum atomic E-state index is 10.4. The summed E-state index contributed by atoms with van der Waals surface area (Å²) in [5.41, 5.74) is 0.234. The first-order valence-corrected chi connectivity index (χ1v) is 5.51. The topological polar surface area (TPSA) is 38.7 Å². The van der Waals surface area contributed by atoms with Crippen LogP contribution in [0.4, 0.5) is 0 Å². The molecule has 16 heavy (non-hydrogen) atoms. The average Bonchev–Trinajstić information content (AvgIpc) is 2.98. The first-order chi connectivity index (χ1) is 7.63. The molecule has 1 fully saturated rings. The summed E-state index contributed by atoms with van der Waals surface area (Å²) in [6.07, 6.45) is 3.17. The zero-order valence-corrected chi connectivity index (χ0v) is 10.1. The Morgan fingerprint density at radius 3 is 2.62 bits per heavy atom. The molecule has 84 valence electrons. The third kappa shape index (κ3) is 1.82. The number of rotatable bonds is 3. The smallest absolute Gasteiger partial charge is 0.235 e. The van der Waals surface area contributed by atoms with Crippen molar-refractivity contribution in [3.63, 3.8) is 0 Å². The Balaban J connectivity index is 2.59. The number of nitrogens with zero attached hydrogens (tertiary/aromatic N) is 1. The summed E-state index contributed by atoms with van der Waals surface area (Å²) in [5, 5.41) is 0.936. The Hall–Kier alpha value is -1.02. The Labute approximate surface area is 103 Å². The van der Waals surface area contributed by atoms with Crippen LogP contribution in [0.5, 0.6) is 5.75 Å². The van der Waals surface area contributed by atoms with Crippen molar-refractivity contribution in [3.8, 4) is 5.75 Å². The van der Waals surface area contributed by atoms with Crippen molar-refractivity contribution in [2.24, 2.45) is 4.99 Å². The standard InChI is InChI=1S/C11H9Cl2NO2/c1-16-10-8(4-7(12)5-9(10)13)11(2-3-11)14-6-15/h4-5H,2-3H2,1H3. The fraction of sp³-hybridized carbons (Fsp3) is 0.364. The number of isocyanates is 1. The van der Waals surface area contributed by atoms with Crippen LogP contribution in [-0.4, -0.2) is 13.2 Å². The number of aliphatic imine (C=N–C) groups is 1. The predicted octanol–water partition coefficient (Wildman–Crippen LogP) is 3.33. The minimum Gasteiger partial charge on any atom is -0.495 e. The van der Waals surface area contributed by atoms with Gasteiger partial charge in [-0.3, -0.25) is 0 Å². The van der Waals surface area contributed by atoms with E-state index < -0.39 is 5.54 Å². The van der Waals surface area contributed by atoms with Crippen LogP contribution in [0.2, 0.25) is 10.0 Å². The molecule has 0 saturated heterocycles. The van der Waals surface area contributed by atoms with E-state index in [1.165, 1.54) is 7.11 Å². The molecule has 1 aliphatic rings. The molecule has 3 nitrogen and oxygen atoms in total. The molecule has 0 bridgehead atoms. The number of ether oxygens (including phenoxy) is 1. The molecule has 2 rings (SSSR count). The summed E-state index contributed by atoms with van der Waals surface area (Å²) >= 11 is 12.0. The highest BCUT2D eigenvalue weighted by Crippen LogP contribution is 2.54. The highest BCUT2D eigenvalue weighted by atomic mass is 35.5. The summed E-state index contributed by atoms with van der Waals surface area (Å²) in [7, 11) is 1.53. The van der Waals surface area contributed by atoms with Gasteiger partial charge in [0.05, 0.1) is 12.1 Å². The maximum absolute atomic E-state index is 10.4. The van der Waals surface area contributed by atoms with Crippen LogP contribution in [0.3, 0.4) is 0 Å². The van der Waals surface area contributed by atoms with Gasteiger partial charge in [0.1, 0.15) is 11.3 Å². The summed E-state index contributed by atoms with van der Waals surface area (Å²) in [4.78, 5) is 14.2. The van der Waals surface area contributed by atoms with Gasteiger partial charge in [-0.1, -0.05) is 23.2 Å². The molecule has 0 N–H and O–H groups in total. The minimum absolute atomic E-state index is 0.428. The van der Waals surface area contributed by atoms with Crippen LogP contribution in [0.25, 0.3) is 0 Å². The summed E-state index contributed by atoms with van der Waals surface area (Å²) < 4.78 is 5.22. The highest BCUT2D eigenvalue weighted by molar-refractivity contribution is 6.35. The Bertz CT molecular complexity index is 477. The van der Waals surface area contributed by atoms with Crippen molar-refractivity contribution >= 4 is 29.3 Å². The SMILES string of the molecule is COc1c(Cl)cc(Cl)cc1C1(N=C=O)CC1. The van der Waals surface area contributed by atoms with E-state index in [0.29, 0.717) is 15.8 Å². The summed E-state index contributed by atoms with van der Waals surface area (Å²) in [6, 6.07) is 3.34.